The van der Waals surface area contributed by atoms with Crippen LogP contribution < -0.4 is 14.2 Å². The van der Waals surface area contributed by atoms with Crippen molar-refractivity contribution in [2.75, 3.05) is 14.2 Å². The van der Waals surface area contributed by atoms with E-state index in [1.165, 1.54) is 28.1 Å². The molecule has 0 aliphatic carbocycles. The average molecular weight is 328 g/mol. The maximum Gasteiger partial charge on any atom is 0.308 e. The highest BCUT2D eigenvalue weighted by Gasteiger charge is 2.20. The van der Waals surface area contributed by atoms with Gasteiger partial charge in [0.05, 0.1) is 19.6 Å². The molecule has 6 heteroatoms. The van der Waals surface area contributed by atoms with Crippen LogP contribution in [0, 0.1) is 0 Å². The molecule has 0 amide bonds. The zero-order valence-electron chi connectivity index (χ0n) is 13.8. The van der Waals surface area contributed by atoms with Gasteiger partial charge in [-0.1, -0.05) is 0 Å². The lowest BCUT2D eigenvalue weighted by atomic mass is 10.0. The third-order valence-corrected chi connectivity index (χ3v) is 3.70. The van der Waals surface area contributed by atoms with Gasteiger partial charge in [-0.05, 0) is 24.3 Å². The van der Waals surface area contributed by atoms with E-state index in [0.717, 1.165) is 0 Å². The van der Waals surface area contributed by atoms with Crippen LogP contribution in [0.5, 0.6) is 17.2 Å². The lowest BCUT2D eigenvalue weighted by Gasteiger charge is -2.13. The summed E-state index contributed by atoms with van der Waals surface area (Å²) in [5.74, 6) is 0.868. The molecule has 0 saturated carbocycles. The Balaban J connectivity index is 2.45. The molecule has 6 nitrogen and oxygen atoms in total. The maximum absolute atomic E-state index is 11.6. The van der Waals surface area contributed by atoms with Crippen molar-refractivity contribution in [1.29, 1.82) is 0 Å². The number of hydrogen-bond donors (Lipinski definition) is 0. The molecule has 1 aromatic heterocycles. The van der Waals surface area contributed by atoms with Crippen molar-refractivity contribution in [1.82, 2.24) is 0 Å². The van der Waals surface area contributed by atoms with Gasteiger partial charge < -0.3 is 18.6 Å². The first kappa shape index (κ1) is 15.9. The Morgan fingerprint density at radius 2 is 1.67 bits per heavy atom. The van der Waals surface area contributed by atoms with Crippen molar-refractivity contribution in [2.24, 2.45) is 0 Å². The minimum Gasteiger partial charge on any atom is -0.493 e. The third kappa shape index (κ3) is 2.46. The second-order valence-corrected chi connectivity index (χ2v) is 5.27. The summed E-state index contributed by atoms with van der Waals surface area (Å²) < 4.78 is 21.7. The quantitative estimate of drug-likeness (QED) is 0.413. The first-order valence-electron chi connectivity index (χ1n) is 7.26. The van der Waals surface area contributed by atoms with Gasteiger partial charge in [0.1, 0.15) is 11.3 Å². The van der Waals surface area contributed by atoms with E-state index in [4.69, 9.17) is 18.6 Å². The van der Waals surface area contributed by atoms with E-state index < -0.39 is 5.97 Å². The van der Waals surface area contributed by atoms with E-state index in [-0.39, 0.29) is 11.5 Å². The van der Waals surface area contributed by atoms with Crippen LogP contribution in [0.4, 0.5) is 0 Å². The molecule has 0 N–H and O–H groups in total. The minimum absolute atomic E-state index is 0.194. The fourth-order valence-electron chi connectivity index (χ4n) is 2.69. The Morgan fingerprint density at radius 3 is 2.25 bits per heavy atom. The molecule has 0 spiro atoms. The van der Waals surface area contributed by atoms with Crippen molar-refractivity contribution in [3.63, 3.8) is 0 Å². The Labute approximate surface area is 137 Å². The molecule has 0 atom stereocenters. The average Bonchev–Trinajstić information content (AvgIpc) is 2.97. The van der Waals surface area contributed by atoms with Gasteiger partial charge in [0.15, 0.2) is 23.0 Å². The van der Waals surface area contributed by atoms with Gasteiger partial charge in [-0.2, -0.15) is 0 Å². The number of hydrogen-bond acceptors (Lipinski definition) is 6. The number of methoxy groups -OCH3 is 2. The van der Waals surface area contributed by atoms with Crippen LogP contribution in [0.15, 0.2) is 28.7 Å². The smallest absolute Gasteiger partial charge is 0.308 e. The van der Waals surface area contributed by atoms with Crippen LogP contribution >= 0.6 is 0 Å². The largest absolute Gasteiger partial charge is 0.493 e. The molecule has 0 aliphatic rings. The predicted octanol–water partition coefficient (Wildman–Crippen LogP) is 3.73. The van der Waals surface area contributed by atoms with Crippen molar-refractivity contribution in [2.45, 2.75) is 13.8 Å². The summed E-state index contributed by atoms with van der Waals surface area (Å²) in [6.07, 6.45) is 0. The number of furan rings is 1. The molecular weight excluding hydrogens is 312 g/mol. The molecule has 0 fully saturated rings. The summed E-state index contributed by atoms with van der Waals surface area (Å²) in [7, 11) is 3.06. The van der Waals surface area contributed by atoms with Gasteiger partial charge in [-0.15, -0.1) is 0 Å². The summed E-state index contributed by atoms with van der Waals surface area (Å²) in [5, 5.41) is 1.87. The van der Waals surface area contributed by atoms with Crippen LogP contribution in [-0.2, 0) is 4.79 Å². The summed E-state index contributed by atoms with van der Waals surface area (Å²) in [4.78, 5) is 23.2. The van der Waals surface area contributed by atoms with E-state index in [9.17, 15) is 9.59 Å². The lowest BCUT2D eigenvalue weighted by molar-refractivity contribution is -0.131. The fourth-order valence-corrected chi connectivity index (χ4v) is 2.69. The Kier molecular flexibility index (Phi) is 3.89. The zero-order valence-corrected chi connectivity index (χ0v) is 13.8. The molecule has 0 aliphatic heterocycles. The lowest BCUT2D eigenvalue weighted by Crippen LogP contribution is -2.02. The Hall–Kier alpha value is -3.02. The van der Waals surface area contributed by atoms with Gasteiger partial charge in [0.25, 0.3) is 0 Å². The Morgan fingerprint density at radius 1 is 0.917 bits per heavy atom. The molecule has 0 unspecified atom stereocenters. The highest BCUT2D eigenvalue weighted by molar-refractivity contribution is 6.09. The molecule has 0 bridgehead atoms. The zero-order chi connectivity index (χ0) is 17.4. The van der Waals surface area contributed by atoms with E-state index in [2.05, 4.69) is 0 Å². The number of ether oxygens (including phenoxy) is 3. The first-order chi connectivity index (χ1) is 11.5. The summed E-state index contributed by atoms with van der Waals surface area (Å²) in [5.41, 5.74) is 0.426. The molecule has 3 aromatic rings. The summed E-state index contributed by atoms with van der Waals surface area (Å²) in [6, 6.07) is 6.82. The van der Waals surface area contributed by atoms with E-state index >= 15 is 0 Å². The van der Waals surface area contributed by atoms with Crippen molar-refractivity contribution in [3.05, 3.63) is 30.0 Å². The molecule has 0 saturated heterocycles. The standard InChI is InChI=1S/C18H16O6/c1-9(19)15-8-13-16(24-15)7-12-11(17(13)23-10(2)20)5-6-14(21-3)18(12)22-4/h5-8H,1-4H3. The van der Waals surface area contributed by atoms with E-state index in [1.54, 1.807) is 24.3 Å². The van der Waals surface area contributed by atoms with Crippen molar-refractivity contribution in [3.8, 4) is 17.2 Å². The van der Waals surface area contributed by atoms with Gasteiger partial charge in [0, 0.05) is 24.6 Å². The van der Waals surface area contributed by atoms with Crippen LogP contribution in [0.1, 0.15) is 24.4 Å². The van der Waals surface area contributed by atoms with Crippen LogP contribution in [-0.4, -0.2) is 26.0 Å². The number of esters is 1. The van der Waals surface area contributed by atoms with Crippen LogP contribution in [0.25, 0.3) is 21.7 Å². The number of fused-ring (bicyclic) bond motifs is 2. The monoisotopic (exact) mass is 328 g/mol. The SMILES string of the molecule is COc1ccc2c(OC(C)=O)c3cc(C(C)=O)oc3cc2c1OC. The van der Waals surface area contributed by atoms with Gasteiger partial charge >= 0.3 is 5.97 Å². The molecule has 24 heavy (non-hydrogen) atoms. The highest BCUT2D eigenvalue weighted by atomic mass is 16.5. The number of ketones is 1. The molecule has 2 aromatic carbocycles. The Bertz CT molecular complexity index is 967. The fraction of sp³-hybridized carbons (Fsp3) is 0.222. The number of carbonyl (C=O) groups is 2. The number of carbonyl (C=O) groups excluding carboxylic acids is 2. The second kappa shape index (κ2) is 5.88. The van der Waals surface area contributed by atoms with Crippen LogP contribution in [0.3, 0.4) is 0 Å². The summed E-state index contributed by atoms with van der Waals surface area (Å²) in [6.45, 7) is 2.73. The van der Waals surface area contributed by atoms with Crippen LogP contribution in [0.2, 0.25) is 0 Å². The molecule has 124 valence electrons. The number of rotatable bonds is 4. The van der Waals surface area contributed by atoms with E-state index in [1.807, 2.05) is 0 Å². The molecular formula is C18H16O6. The topological polar surface area (TPSA) is 75.0 Å². The van der Waals surface area contributed by atoms with Crippen molar-refractivity contribution < 1.29 is 28.2 Å². The maximum atomic E-state index is 11.6. The minimum atomic E-state index is -0.468. The number of benzene rings is 2. The highest BCUT2D eigenvalue weighted by Crippen LogP contribution is 2.44. The van der Waals surface area contributed by atoms with Gasteiger partial charge in [-0.3, -0.25) is 9.59 Å². The van der Waals surface area contributed by atoms with Gasteiger partial charge in [-0.25, -0.2) is 0 Å². The summed E-state index contributed by atoms with van der Waals surface area (Å²) >= 11 is 0. The second-order valence-electron chi connectivity index (χ2n) is 5.27. The predicted molar refractivity (Wildman–Crippen MR) is 88.1 cm³/mol. The third-order valence-electron chi connectivity index (χ3n) is 3.70. The van der Waals surface area contributed by atoms with Crippen molar-refractivity contribution >= 4 is 33.5 Å². The normalized spacial score (nSPS) is 10.8. The molecule has 0 radical (unpaired) electrons. The van der Waals surface area contributed by atoms with Gasteiger partial charge in [0.2, 0.25) is 0 Å². The first-order valence-corrected chi connectivity index (χ1v) is 7.26. The number of Topliss-reactive ketones (excluding diaryl/α,β-unsaturated/α-hetero) is 1. The molecule has 3 rings (SSSR count). The molecule has 1 heterocycles. The van der Waals surface area contributed by atoms with E-state index in [0.29, 0.717) is 39.0 Å².